The topological polar surface area (TPSA) is 48.7 Å². The number of nitrogens with one attached hydrogen (secondary N) is 1. The third kappa shape index (κ3) is 3.75. The van der Waals surface area contributed by atoms with Crippen LogP contribution in [0.25, 0.3) is 0 Å². The summed E-state index contributed by atoms with van der Waals surface area (Å²) in [5, 5.41) is 12.5. The van der Waals surface area contributed by atoms with Crippen LogP contribution in [0.1, 0.15) is 52.5 Å². The Labute approximate surface area is 128 Å². The van der Waals surface area contributed by atoms with E-state index in [1.54, 1.807) is 6.20 Å². The number of anilines is 1. The van der Waals surface area contributed by atoms with Gasteiger partial charge in [0, 0.05) is 12.2 Å². The Kier molecular flexibility index (Phi) is 5.22. The van der Waals surface area contributed by atoms with Gasteiger partial charge in [0.15, 0.2) is 0 Å². The van der Waals surface area contributed by atoms with Gasteiger partial charge in [-0.05, 0) is 48.6 Å². The fourth-order valence-electron chi connectivity index (χ4n) is 3.66. The van der Waals surface area contributed by atoms with Crippen molar-refractivity contribution in [2.24, 2.45) is 23.7 Å². The van der Waals surface area contributed by atoms with Crippen LogP contribution in [0, 0.1) is 35.0 Å². The Morgan fingerprint density at radius 3 is 2.67 bits per heavy atom. The molecule has 1 saturated carbocycles. The molecule has 3 nitrogen and oxygen atoms in total. The Bertz CT molecular complexity index is 486. The van der Waals surface area contributed by atoms with Gasteiger partial charge in [-0.25, -0.2) is 4.98 Å². The Balaban J connectivity index is 2.08. The summed E-state index contributed by atoms with van der Waals surface area (Å²) in [7, 11) is 0. The molecule has 1 heterocycles. The summed E-state index contributed by atoms with van der Waals surface area (Å²) in [6, 6.07) is 6.36. The summed E-state index contributed by atoms with van der Waals surface area (Å²) < 4.78 is 0. The Morgan fingerprint density at radius 1 is 1.38 bits per heavy atom. The maximum absolute atomic E-state index is 8.84. The predicted octanol–water partition coefficient (Wildman–Crippen LogP) is 4.46. The van der Waals surface area contributed by atoms with Crippen LogP contribution >= 0.6 is 0 Å². The molecular formula is C18H27N3. The van der Waals surface area contributed by atoms with Gasteiger partial charge in [0.2, 0.25) is 0 Å². The van der Waals surface area contributed by atoms with E-state index in [4.69, 9.17) is 5.26 Å². The minimum Gasteiger partial charge on any atom is -0.367 e. The zero-order valence-corrected chi connectivity index (χ0v) is 13.6. The largest absolute Gasteiger partial charge is 0.367 e. The fraction of sp³-hybridized carbons (Fsp3) is 0.667. The third-order valence-corrected chi connectivity index (χ3v) is 5.08. The van der Waals surface area contributed by atoms with Gasteiger partial charge in [-0.1, -0.05) is 34.1 Å². The van der Waals surface area contributed by atoms with Gasteiger partial charge in [0.1, 0.15) is 11.9 Å². The van der Waals surface area contributed by atoms with E-state index < -0.39 is 0 Å². The smallest absolute Gasteiger partial charge is 0.126 e. The highest BCUT2D eigenvalue weighted by atomic mass is 15.0. The van der Waals surface area contributed by atoms with Gasteiger partial charge < -0.3 is 5.32 Å². The van der Waals surface area contributed by atoms with Gasteiger partial charge in [-0.15, -0.1) is 0 Å². The van der Waals surface area contributed by atoms with E-state index in [-0.39, 0.29) is 0 Å². The van der Waals surface area contributed by atoms with Crippen molar-refractivity contribution in [2.45, 2.75) is 53.0 Å². The normalized spacial score (nSPS) is 29.1. The predicted molar refractivity (Wildman–Crippen MR) is 86.9 cm³/mol. The van der Waals surface area contributed by atoms with Gasteiger partial charge in [-0.3, -0.25) is 0 Å². The van der Waals surface area contributed by atoms with Crippen molar-refractivity contribution < 1.29 is 0 Å². The van der Waals surface area contributed by atoms with Crippen LogP contribution in [0.2, 0.25) is 0 Å². The molecule has 114 valence electrons. The maximum atomic E-state index is 8.84. The second-order valence-electron chi connectivity index (χ2n) is 6.84. The molecule has 0 spiro atoms. The van der Waals surface area contributed by atoms with Crippen molar-refractivity contribution in [3.8, 4) is 6.07 Å². The van der Waals surface area contributed by atoms with E-state index in [1.807, 2.05) is 12.1 Å². The Hall–Kier alpha value is -1.56. The molecule has 0 radical (unpaired) electrons. The summed E-state index contributed by atoms with van der Waals surface area (Å²) in [5.74, 6) is 3.88. The number of pyridine rings is 1. The fourth-order valence-corrected chi connectivity index (χ4v) is 3.66. The van der Waals surface area contributed by atoms with E-state index in [0.717, 1.165) is 17.7 Å². The van der Waals surface area contributed by atoms with Crippen LogP contribution in [0.3, 0.4) is 0 Å². The van der Waals surface area contributed by atoms with E-state index in [2.05, 4.69) is 44.1 Å². The van der Waals surface area contributed by atoms with Gasteiger partial charge in [0.25, 0.3) is 0 Å². The minimum atomic E-state index is 0.491. The van der Waals surface area contributed by atoms with Crippen LogP contribution in [-0.2, 0) is 0 Å². The lowest BCUT2D eigenvalue weighted by atomic mass is 9.68. The van der Waals surface area contributed by atoms with Gasteiger partial charge in [0.05, 0.1) is 5.56 Å². The first-order valence-corrected chi connectivity index (χ1v) is 8.17. The molecule has 0 aromatic carbocycles. The summed E-state index contributed by atoms with van der Waals surface area (Å²) in [6.07, 6.45) is 5.46. The summed E-state index contributed by atoms with van der Waals surface area (Å²) >= 11 is 0. The lowest BCUT2D eigenvalue weighted by Crippen LogP contribution is -2.42. The lowest BCUT2D eigenvalue weighted by Gasteiger charge is -2.42. The van der Waals surface area contributed by atoms with Crippen LogP contribution in [0.15, 0.2) is 18.3 Å². The van der Waals surface area contributed by atoms with E-state index in [9.17, 15) is 0 Å². The van der Waals surface area contributed by atoms with Crippen LogP contribution in [0.5, 0.6) is 0 Å². The molecule has 0 bridgehead atoms. The first-order chi connectivity index (χ1) is 10.0. The molecule has 0 amide bonds. The molecule has 21 heavy (non-hydrogen) atoms. The molecule has 0 saturated heterocycles. The molecule has 3 heteroatoms. The van der Waals surface area contributed by atoms with Crippen molar-refractivity contribution in [1.29, 1.82) is 5.26 Å². The molecule has 1 aromatic rings. The molecule has 1 aliphatic carbocycles. The summed E-state index contributed by atoms with van der Waals surface area (Å²) in [6.45, 7) is 9.35. The van der Waals surface area contributed by atoms with Crippen molar-refractivity contribution in [1.82, 2.24) is 4.98 Å². The zero-order chi connectivity index (χ0) is 15.4. The van der Waals surface area contributed by atoms with E-state index >= 15 is 0 Å². The number of nitrogens with zero attached hydrogens (tertiary/aromatic N) is 2. The van der Waals surface area contributed by atoms with Gasteiger partial charge >= 0.3 is 0 Å². The quantitative estimate of drug-likeness (QED) is 0.888. The van der Waals surface area contributed by atoms with Crippen molar-refractivity contribution >= 4 is 5.82 Å². The van der Waals surface area contributed by atoms with Crippen molar-refractivity contribution in [2.75, 3.05) is 5.32 Å². The van der Waals surface area contributed by atoms with E-state index in [1.165, 1.54) is 19.3 Å². The van der Waals surface area contributed by atoms with E-state index in [0.29, 0.717) is 23.4 Å². The molecule has 2 rings (SSSR count). The third-order valence-electron chi connectivity index (χ3n) is 5.08. The highest BCUT2D eigenvalue weighted by molar-refractivity contribution is 5.40. The SMILES string of the molecule is CCC1CC(C(C)C)CC(C)C1Nc1ccc(C#N)cn1. The highest BCUT2D eigenvalue weighted by Crippen LogP contribution is 2.39. The standard InChI is InChI=1S/C18H27N3/c1-5-15-9-16(12(2)3)8-13(4)18(15)21-17-7-6-14(10-19)11-20-17/h6-7,11-13,15-16,18H,5,8-9H2,1-4H3,(H,20,21). The van der Waals surface area contributed by atoms with Gasteiger partial charge in [-0.2, -0.15) is 5.26 Å². The molecule has 4 unspecified atom stereocenters. The molecule has 1 fully saturated rings. The van der Waals surface area contributed by atoms with Crippen LogP contribution < -0.4 is 5.32 Å². The monoisotopic (exact) mass is 285 g/mol. The van der Waals surface area contributed by atoms with Crippen LogP contribution in [0.4, 0.5) is 5.82 Å². The number of hydrogen-bond donors (Lipinski definition) is 1. The Morgan fingerprint density at radius 2 is 2.14 bits per heavy atom. The molecule has 4 atom stereocenters. The second kappa shape index (κ2) is 6.93. The zero-order valence-electron chi connectivity index (χ0n) is 13.6. The van der Waals surface area contributed by atoms with Crippen LogP contribution in [-0.4, -0.2) is 11.0 Å². The molecule has 1 N–H and O–H groups in total. The van der Waals surface area contributed by atoms with Crippen molar-refractivity contribution in [3.63, 3.8) is 0 Å². The first-order valence-electron chi connectivity index (χ1n) is 8.17. The number of rotatable bonds is 4. The number of aromatic nitrogens is 1. The van der Waals surface area contributed by atoms with Crippen molar-refractivity contribution in [3.05, 3.63) is 23.9 Å². The number of nitriles is 1. The maximum Gasteiger partial charge on any atom is 0.126 e. The second-order valence-corrected chi connectivity index (χ2v) is 6.84. The summed E-state index contributed by atoms with van der Waals surface area (Å²) in [4.78, 5) is 4.37. The number of hydrogen-bond acceptors (Lipinski definition) is 3. The highest BCUT2D eigenvalue weighted by Gasteiger charge is 2.35. The average molecular weight is 285 g/mol. The molecular weight excluding hydrogens is 258 g/mol. The molecule has 0 aliphatic heterocycles. The first kappa shape index (κ1) is 15.8. The molecule has 1 aromatic heterocycles. The average Bonchev–Trinajstić information content (AvgIpc) is 2.49. The molecule has 1 aliphatic rings. The lowest BCUT2D eigenvalue weighted by molar-refractivity contribution is 0.146. The minimum absolute atomic E-state index is 0.491. The summed E-state index contributed by atoms with van der Waals surface area (Å²) in [5.41, 5.74) is 0.615.